The van der Waals surface area contributed by atoms with Crippen molar-refractivity contribution in [3.05, 3.63) is 30.1 Å². The summed E-state index contributed by atoms with van der Waals surface area (Å²) in [6.45, 7) is 5.66. The zero-order valence-electron chi connectivity index (χ0n) is 22.7. The van der Waals surface area contributed by atoms with Crippen LogP contribution in [0.1, 0.15) is 122 Å². The van der Waals surface area contributed by atoms with Crippen molar-refractivity contribution in [3.63, 3.8) is 0 Å². The molecule has 0 unspecified atom stereocenters. The molecule has 3 nitrogen and oxygen atoms in total. The van der Waals surface area contributed by atoms with Crippen LogP contribution in [-0.2, 0) is 4.74 Å². The maximum atomic E-state index is 13.2. The fourth-order valence-electron chi connectivity index (χ4n) is 3.79. The Morgan fingerprint density at radius 1 is 0.657 bits per heavy atom. The van der Waals surface area contributed by atoms with E-state index in [1.807, 2.05) is 0 Å². The van der Waals surface area contributed by atoms with Crippen molar-refractivity contribution in [1.29, 1.82) is 0 Å². The molecule has 0 aliphatic carbocycles. The third kappa shape index (κ3) is 26.5. The van der Waals surface area contributed by atoms with Crippen molar-refractivity contribution in [3.8, 4) is 5.75 Å². The van der Waals surface area contributed by atoms with E-state index in [-0.39, 0.29) is 5.82 Å². The van der Waals surface area contributed by atoms with E-state index in [0.717, 1.165) is 26.2 Å². The molecular formula is C30H55FINO2. The Morgan fingerprint density at radius 3 is 1.69 bits per heavy atom. The molecule has 1 aromatic rings. The summed E-state index contributed by atoms with van der Waals surface area (Å²) in [7, 11) is 0. The Labute approximate surface area is 230 Å². The van der Waals surface area contributed by atoms with Crippen LogP contribution in [0, 0.1) is 5.82 Å². The van der Waals surface area contributed by atoms with Crippen LogP contribution in [0.2, 0.25) is 0 Å². The van der Waals surface area contributed by atoms with Gasteiger partial charge in [-0.25, -0.2) is 4.39 Å². The summed E-state index contributed by atoms with van der Waals surface area (Å²) in [5.41, 5.74) is 5.46. The number of unbranched alkanes of at least 4 members (excludes halogenated alkanes) is 15. The van der Waals surface area contributed by atoms with Gasteiger partial charge in [-0.15, -0.1) is 0 Å². The van der Waals surface area contributed by atoms with Crippen LogP contribution >= 0.6 is 22.6 Å². The van der Waals surface area contributed by atoms with Gasteiger partial charge in [-0.05, 0) is 55.2 Å². The summed E-state index contributed by atoms with van der Waals surface area (Å²) in [6, 6.07) is 6.58. The molecule has 0 spiro atoms. The van der Waals surface area contributed by atoms with Crippen LogP contribution in [0.4, 0.5) is 4.39 Å². The Bertz CT molecular complexity index is 517. The number of benzene rings is 1. The molecule has 0 aromatic heterocycles. The molecule has 5 heteroatoms. The highest BCUT2D eigenvalue weighted by molar-refractivity contribution is 14.1. The van der Waals surface area contributed by atoms with Gasteiger partial charge in [0.25, 0.3) is 0 Å². The quantitative estimate of drug-likeness (QED) is 0.0723. The van der Waals surface area contributed by atoms with E-state index in [0.29, 0.717) is 12.4 Å². The largest absolute Gasteiger partial charge is 0.491 e. The molecule has 1 rings (SSSR count). The highest BCUT2D eigenvalue weighted by Gasteiger charge is 2.00. The maximum absolute atomic E-state index is 13.2. The molecule has 2 N–H and O–H groups in total. The SMILES string of the molecule is CCCCCCOCCCCCCCCCCN.Fc1ccccc1OCCCCCCCCI. The highest BCUT2D eigenvalue weighted by Crippen LogP contribution is 2.16. The summed E-state index contributed by atoms with van der Waals surface area (Å²) in [6.07, 6.45) is 23.3. The third-order valence-corrected chi connectivity index (χ3v) is 6.77. The van der Waals surface area contributed by atoms with Gasteiger partial charge in [-0.2, -0.15) is 0 Å². The summed E-state index contributed by atoms with van der Waals surface area (Å²) in [5.74, 6) is 0.104. The number of alkyl halides is 1. The number of rotatable bonds is 24. The lowest BCUT2D eigenvalue weighted by atomic mass is 10.1. The first-order valence-corrected chi connectivity index (χ1v) is 16.0. The average molecular weight is 608 g/mol. The number of hydrogen-bond acceptors (Lipinski definition) is 3. The van der Waals surface area contributed by atoms with Crippen molar-refractivity contribution >= 4 is 22.6 Å². The highest BCUT2D eigenvalue weighted by atomic mass is 127. The predicted octanol–water partition coefficient (Wildman–Crippen LogP) is 9.64. The van der Waals surface area contributed by atoms with Crippen LogP contribution < -0.4 is 10.5 Å². The molecule has 0 aliphatic rings. The number of para-hydroxylation sites is 1. The molecule has 0 fully saturated rings. The van der Waals surface area contributed by atoms with Crippen molar-refractivity contribution in [2.24, 2.45) is 5.73 Å². The van der Waals surface area contributed by atoms with Crippen molar-refractivity contribution in [2.75, 3.05) is 30.8 Å². The Morgan fingerprint density at radius 2 is 1.14 bits per heavy atom. The van der Waals surface area contributed by atoms with Gasteiger partial charge in [-0.3, -0.25) is 0 Å². The molecule has 0 saturated carbocycles. The van der Waals surface area contributed by atoms with Crippen molar-refractivity contribution in [2.45, 2.75) is 122 Å². The molecule has 0 heterocycles. The zero-order chi connectivity index (χ0) is 25.7. The fraction of sp³-hybridized carbons (Fsp3) is 0.800. The van der Waals surface area contributed by atoms with E-state index < -0.39 is 0 Å². The molecule has 0 atom stereocenters. The smallest absolute Gasteiger partial charge is 0.165 e. The standard InChI is InChI=1S/C16H35NO.C14H20FIO/c1-2-3-4-12-15-18-16-13-10-8-6-5-7-9-11-14-17;15-13-9-5-6-10-14(13)17-12-8-4-2-1-3-7-11-16/h2-17H2,1H3;5-6,9-10H,1-4,7-8,11-12H2. The normalized spacial score (nSPS) is 10.7. The van der Waals surface area contributed by atoms with Gasteiger partial charge in [0.05, 0.1) is 6.61 Å². The van der Waals surface area contributed by atoms with E-state index >= 15 is 0 Å². The summed E-state index contributed by atoms with van der Waals surface area (Å²) >= 11 is 2.42. The molecule has 206 valence electrons. The Hall–Kier alpha value is -0.400. The monoisotopic (exact) mass is 607 g/mol. The molecule has 0 amide bonds. The third-order valence-electron chi connectivity index (χ3n) is 6.01. The number of ether oxygens (including phenoxy) is 2. The number of hydrogen-bond donors (Lipinski definition) is 1. The van der Waals surface area contributed by atoms with Gasteiger partial charge in [0.1, 0.15) is 0 Å². The Kier molecular flexibility index (Phi) is 29.5. The molecule has 0 bridgehead atoms. The van der Waals surface area contributed by atoms with E-state index in [1.165, 1.54) is 120 Å². The van der Waals surface area contributed by atoms with Gasteiger partial charge >= 0.3 is 0 Å². The Balaban J connectivity index is 0.000000661. The van der Waals surface area contributed by atoms with Crippen LogP contribution in [-0.4, -0.2) is 30.8 Å². The van der Waals surface area contributed by atoms with E-state index in [2.05, 4.69) is 29.5 Å². The lowest BCUT2D eigenvalue weighted by Crippen LogP contribution is -1.98. The second kappa shape index (κ2) is 29.8. The lowest BCUT2D eigenvalue weighted by molar-refractivity contribution is 0.125. The van der Waals surface area contributed by atoms with E-state index in [1.54, 1.807) is 18.2 Å². The first-order valence-electron chi connectivity index (χ1n) is 14.5. The van der Waals surface area contributed by atoms with E-state index in [9.17, 15) is 4.39 Å². The minimum Gasteiger partial charge on any atom is -0.491 e. The van der Waals surface area contributed by atoms with Crippen LogP contribution in [0.15, 0.2) is 24.3 Å². The molecule has 0 saturated heterocycles. The van der Waals surface area contributed by atoms with Crippen molar-refractivity contribution < 1.29 is 13.9 Å². The van der Waals surface area contributed by atoms with E-state index in [4.69, 9.17) is 15.2 Å². The second-order valence-electron chi connectivity index (χ2n) is 9.38. The minimum absolute atomic E-state index is 0.269. The number of halogens is 2. The minimum atomic E-state index is -0.269. The fourth-order valence-corrected chi connectivity index (χ4v) is 4.33. The van der Waals surface area contributed by atoms with Crippen molar-refractivity contribution in [1.82, 2.24) is 0 Å². The molecule has 0 aliphatic heterocycles. The maximum Gasteiger partial charge on any atom is 0.165 e. The zero-order valence-corrected chi connectivity index (χ0v) is 24.9. The van der Waals surface area contributed by atoms with Crippen LogP contribution in [0.25, 0.3) is 0 Å². The number of nitrogens with two attached hydrogens (primary N) is 1. The topological polar surface area (TPSA) is 44.5 Å². The van der Waals surface area contributed by atoms with Crippen LogP contribution in [0.3, 0.4) is 0 Å². The molecule has 0 radical (unpaired) electrons. The van der Waals surface area contributed by atoms with Gasteiger partial charge in [-0.1, -0.05) is 125 Å². The molecule has 1 aromatic carbocycles. The predicted molar refractivity (Wildman–Crippen MR) is 159 cm³/mol. The first kappa shape index (κ1) is 34.6. The van der Waals surface area contributed by atoms with Gasteiger partial charge in [0.2, 0.25) is 0 Å². The average Bonchev–Trinajstić information content (AvgIpc) is 2.87. The van der Waals surface area contributed by atoms with Gasteiger partial charge in [0.15, 0.2) is 11.6 Å². The van der Waals surface area contributed by atoms with Crippen LogP contribution in [0.5, 0.6) is 5.75 Å². The summed E-state index contributed by atoms with van der Waals surface area (Å²) < 4.78 is 25.5. The molecular weight excluding hydrogens is 552 g/mol. The lowest BCUT2D eigenvalue weighted by Gasteiger charge is -2.06. The summed E-state index contributed by atoms with van der Waals surface area (Å²) in [4.78, 5) is 0. The van der Waals surface area contributed by atoms with Gasteiger partial charge < -0.3 is 15.2 Å². The van der Waals surface area contributed by atoms with Gasteiger partial charge in [0, 0.05) is 13.2 Å². The first-order chi connectivity index (χ1) is 17.3. The summed E-state index contributed by atoms with van der Waals surface area (Å²) in [5, 5.41) is 0. The molecule has 35 heavy (non-hydrogen) atoms. The second-order valence-corrected chi connectivity index (χ2v) is 10.5.